The summed E-state index contributed by atoms with van der Waals surface area (Å²) < 4.78 is 0. The summed E-state index contributed by atoms with van der Waals surface area (Å²) in [5.41, 5.74) is 0.0134. The van der Waals surface area contributed by atoms with Crippen molar-refractivity contribution in [2.24, 2.45) is 0 Å². The second-order valence-electron chi connectivity index (χ2n) is 4.66. The smallest absolute Gasteiger partial charge is 0.311 e. The Bertz CT molecular complexity index is 449. The van der Waals surface area contributed by atoms with Gasteiger partial charge in [0.05, 0.1) is 4.92 Å². The van der Waals surface area contributed by atoms with E-state index in [0.717, 1.165) is 32.6 Å². The van der Waals surface area contributed by atoms with Crippen molar-refractivity contribution in [1.29, 1.82) is 0 Å². The fourth-order valence-corrected chi connectivity index (χ4v) is 2.06. The Kier molecular flexibility index (Phi) is 7.45. The Labute approximate surface area is 125 Å². The molecule has 0 saturated heterocycles. The molecule has 118 valence electrons. The maximum Gasteiger partial charge on any atom is 0.311 e. The first-order valence-corrected chi connectivity index (χ1v) is 7.47. The number of nitrogens with one attached hydrogen (secondary N) is 2. The number of rotatable bonds is 10. The van der Waals surface area contributed by atoms with Crippen LogP contribution in [-0.4, -0.2) is 47.5 Å². The normalized spacial score (nSPS) is 10.7. The summed E-state index contributed by atoms with van der Waals surface area (Å²) >= 11 is 0. The summed E-state index contributed by atoms with van der Waals surface area (Å²) in [7, 11) is 0. The number of nitrogens with zero attached hydrogens (tertiary/aromatic N) is 3. The van der Waals surface area contributed by atoms with Crippen molar-refractivity contribution in [3.05, 3.63) is 22.2 Å². The predicted octanol–water partition coefficient (Wildman–Crippen LogP) is 2.57. The molecule has 0 aliphatic carbocycles. The van der Waals surface area contributed by atoms with Crippen LogP contribution in [-0.2, 0) is 0 Å². The molecule has 0 fully saturated rings. The van der Waals surface area contributed by atoms with Gasteiger partial charge in [-0.25, -0.2) is 4.98 Å². The van der Waals surface area contributed by atoms with Crippen molar-refractivity contribution in [2.75, 3.05) is 43.4 Å². The third kappa shape index (κ3) is 5.55. The van der Waals surface area contributed by atoms with Gasteiger partial charge in [0.2, 0.25) is 5.82 Å². The van der Waals surface area contributed by atoms with E-state index in [1.165, 1.54) is 6.07 Å². The van der Waals surface area contributed by atoms with Crippen LogP contribution in [0.4, 0.5) is 17.3 Å². The highest BCUT2D eigenvalue weighted by atomic mass is 16.6. The molecule has 0 atom stereocenters. The Morgan fingerprint density at radius 2 is 1.95 bits per heavy atom. The first-order chi connectivity index (χ1) is 10.1. The van der Waals surface area contributed by atoms with Crippen LogP contribution >= 0.6 is 0 Å². The van der Waals surface area contributed by atoms with Crippen molar-refractivity contribution < 1.29 is 4.92 Å². The van der Waals surface area contributed by atoms with Gasteiger partial charge in [-0.1, -0.05) is 13.8 Å². The first-order valence-electron chi connectivity index (χ1n) is 7.47. The lowest BCUT2D eigenvalue weighted by atomic mass is 10.3. The fraction of sp³-hybridized carbons (Fsp3) is 0.643. The number of nitro groups is 1. The Morgan fingerprint density at radius 1 is 1.24 bits per heavy atom. The Morgan fingerprint density at radius 3 is 2.52 bits per heavy atom. The van der Waals surface area contributed by atoms with E-state index in [1.807, 2.05) is 6.92 Å². The summed E-state index contributed by atoms with van der Waals surface area (Å²) in [5, 5.41) is 17.2. The maximum atomic E-state index is 11.0. The summed E-state index contributed by atoms with van der Waals surface area (Å²) in [6.45, 7) is 10.6. The molecule has 1 aromatic heterocycles. The molecule has 0 aromatic carbocycles. The van der Waals surface area contributed by atoms with Crippen LogP contribution < -0.4 is 10.6 Å². The molecular formula is C14H25N5O2. The van der Waals surface area contributed by atoms with E-state index in [-0.39, 0.29) is 5.69 Å². The van der Waals surface area contributed by atoms with Crippen molar-refractivity contribution in [1.82, 2.24) is 9.88 Å². The predicted molar refractivity (Wildman–Crippen MR) is 85.9 cm³/mol. The molecule has 0 amide bonds. The van der Waals surface area contributed by atoms with Crippen molar-refractivity contribution in [3.8, 4) is 0 Å². The zero-order chi connectivity index (χ0) is 15.7. The lowest BCUT2D eigenvalue weighted by Crippen LogP contribution is -2.25. The highest BCUT2D eigenvalue weighted by molar-refractivity contribution is 5.60. The molecule has 0 bridgehead atoms. The molecule has 0 aliphatic rings. The summed E-state index contributed by atoms with van der Waals surface area (Å²) in [4.78, 5) is 17.2. The number of anilines is 2. The van der Waals surface area contributed by atoms with Gasteiger partial charge in [-0.2, -0.15) is 0 Å². The minimum absolute atomic E-state index is 0.0134. The van der Waals surface area contributed by atoms with E-state index < -0.39 is 4.92 Å². The zero-order valence-electron chi connectivity index (χ0n) is 13.1. The van der Waals surface area contributed by atoms with Crippen LogP contribution in [0.15, 0.2) is 12.1 Å². The molecule has 0 saturated carbocycles. The molecular weight excluding hydrogens is 270 g/mol. The lowest BCUT2D eigenvalue weighted by Gasteiger charge is -2.17. The van der Waals surface area contributed by atoms with Crippen molar-refractivity contribution in [2.45, 2.75) is 27.2 Å². The van der Waals surface area contributed by atoms with Gasteiger partial charge in [-0.15, -0.1) is 0 Å². The molecule has 7 heteroatoms. The number of hydrogen-bond donors (Lipinski definition) is 2. The molecule has 0 spiro atoms. The van der Waals surface area contributed by atoms with E-state index in [9.17, 15) is 10.1 Å². The fourth-order valence-electron chi connectivity index (χ4n) is 2.06. The number of aromatic nitrogens is 1. The van der Waals surface area contributed by atoms with Gasteiger partial charge < -0.3 is 15.5 Å². The summed E-state index contributed by atoms with van der Waals surface area (Å²) in [6.07, 6.45) is 0.923. The van der Waals surface area contributed by atoms with Crippen molar-refractivity contribution >= 4 is 17.3 Å². The quantitative estimate of drug-likeness (QED) is 0.392. The summed E-state index contributed by atoms with van der Waals surface area (Å²) in [6, 6.07) is 3.11. The van der Waals surface area contributed by atoms with Crippen LogP contribution in [0.2, 0.25) is 0 Å². The molecule has 0 unspecified atom stereocenters. The monoisotopic (exact) mass is 295 g/mol. The van der Waals surface area contributed by atoms with Crippen molar-refractivity contribution in [3.63, 3.8) is 0 Å². The van der Waals surface area contributed by atoms with E-state index in [0.29, 0.717) is 18.2 Å². The van der Waals surface area contributed by atoms with Gasteiger partial charge in [0, 0.05) is 19.2 Å². The molecule has 7 nitrogen and oxygen atoms in total. The number of hydrogen-bond acceptors (Lipinski definition) is 6. The van der Waals surface area contributed by atoms with Crippen LogP contribution in [0.1, 0.15) is 27.2 Å². The van der Waals surface area contributed by atoms with Crippen LogP contribution in [0.3, 0.4) is 0 Å². The first kappa shape index (κ1) is 17.2. The maximum absolute atomic E-state index is 11.0. The minimum Gasteiger partial charge on any atom is -0.370 e. The van der Waals surface area contributed by atoms with Crippen LogP contribution in [0.25, 0.3) is 0 Å². The molecule has 21 heavy (non-hydrogen) atoms. The molecule has 1 rings (SSSR count). The standard InChI is InChI=1S/C14H25N5O2/c1-4-15-13-9-8-12(19(20)21)14(17-13)16-10-7-11-18(5-2)6-3/h8-9H,4-7,10-11H2,1-3H3,(H2,15,16,17). The average molecular weight is 295 g/mol. The van der Waals surface area contributed by atoms with Gasteiger partial charge in [-0.05, 0) is 39.0 Å². The third-order valence-electron chi connectivity index (χ3n) is 3.27. The second-order valence-corrected chi connectivity index (χ2v) is 4.66. The van der Waals surface area contributed by atoms with Gasteiger partial charge in [-0.3, -0.25) is 10.1 Å². The van der Waals surface area contributed by atoms with Crippen LogP contribution in [0.5, 0.6) is 0 Å². The topological polar surface area (TPSA) is 83.3 Å². The lowest BCUT2D eigenvalue weighted by molar-refractivity contribution is -0.384. The van der Waals surface area contributed by atoms with Gasteiger partial charge in [0.1, 0.15) is 5.82 Å². The average Bonchev–Trinajstić information content (AvgIpc) is 2.47. The van der Waals surface area contributed by atoms with E-state index in [1.54, 1.807) is 6.07 Å². The molecule has 0 radical (unpaired) electrons. The minimum atomic E-state index is -0.407. The highest BCUT2D eigenvalue weighted by Crippen LogP contribution is 2.23. The molecule has 0 aliphatic heterocycles. The Hall–Kier alpha value is -1.89. The van der Waals surface area contributed by atoms with Gasteiger partial charge in [0.25, 0.3) is 0 Å². The highest BCUT2D eigenvalue weighted by Gasteiger charge is 2.15. The molecule has 2 N–H and O–H groups in total. The Balaban J connectivity index is 2.62. The van der Waals surface area contributed by atoms with Gasteiger partial charge in [0.15, 0.2) is 0 Å². The van der Waals surface area contributed by atoms with E-state index in [4.69, 9.17) is 0 Å². The molecule has 1 aromatic rings. The van der Waals surface area contributed by atoms with E-state index >= 15 is 0 Å². The van der Waals surface area contributed by atoms with Gasteiger partial charge >= 0.3 is 5.69 Å². The largest absolute Gasteiger partial charge is 0.370 e. The number of pyridine rings is 1. The second kappa shape index (κ2) is 9.12. The van der Waals surface area contributed by atoms with E-state index in [2.05, 4.69) is 34.4 Å². The zero-order valence-corrected chi connectivity index (χ0v) is 13.1. The molecule has 1 heterocycles. The third-order valence-corrected chi connectivity index (χ3v) is 3.27. The van der Waals surface area contributed by atoms with Crippen LogP contribution in [0, 0.1) is 10.1 Å². The SMILES string of the molecule is CCNc1ccc([N+](=O)[O-])c(NCCCN(CC)CC)n1. The summed E-state index contributed by atoms with van der Waals surface area (Å²) in [5.74, 6) is 0.979.